The van der Waals surface area contributed by atoms with E-state index in [0.29, 0.717) is 5.56 Å². The van der Waals surface area contributed by atoms with Gasteiger partial charge in [0.25, 0.3) is 0 Å². The monoisotopic (exact) mass is 273 g/mol. The van der Waals surface area contributed by atoms with E-state index in [0.717, 1.165) is 21.9 Å². The highest BCUT2D eigenvalue weighted by molar-refractivity contribution is 7.98. The third-order valence-electron chi connectivity index (χ3n) is 2.65. The third-order valence-corrected chi connectivity index (χ3v) is 3.66. The summed E-state index contributed by atoms with van der Waals surface area (Å²) < 4.78 is 4.66. The number of carbonyl (C=O) groups is 1. The molecule has 0 bridgehead atoms. The molecule has 0 aliphatic heterocycles. The van der Waals surface area contributed by atoms with Gasteiger partial charge in [0.15, 0.2) is 0 Å². The lowest BCUT2D eigenvalue weighted by Crippen LogP contribution is -2.00. The molecule has 0 radical (unpaired) electrons. The number of nitrogens with zero attached hydrogens (tertiary/aromatic N) is 1. The van der Waals surface area contributed by atoms with Gasteiger partial charge in [-0.25, -0.2) is 9.78 Å². The Kier molecular flexibility index (Phi) is 4.58. The molecule has 2 aromatic rings. The zero-order valence-electron chi connectivity index (χ0n) is 10.9. The molecule has 19 heavy (non-hydrogen) atoms. The van der Waals surface area contributed by atoms with Crippen molar-refractivity contribution in [2.75, 3.05) is 7.11 Å². The number of methoxy groups -OCH3 is 1. The Morgan fingerprint density at radius 2 is 1.95 bits per heavy atom. The summed E-state index contributed by atoms with van der Waals surface area (Å²) in [6.45, 7) is 2.02. The molecule has 1 aromatic carbocycles. The van der Waals surface area contributed by atoms with Crippen molar-refractivity contribution in [1.82, 2.24) is 4.98 Å². The zero-order chi connectivity index (χ0) is 13.7. The number of aromatic nitrogens is 1. The summed E-state index contributed by atoms with van der Waals surface area (Å²) in [5.41, 5.74) is 2.89. The lowest BCUT2D eigenvalue weighted by atomic mass is 10.1. The summed E-state index contributed by atoms with van der Waals surface area (Å²) in [7, 11) is 1.38. The van der Waals surface area contributed by atoms with Gasteiger partial charge in [0.05, 0.1) is 17.7 Å². The number of thioether (sulfide) groups is 1. The quantitative estimate of drug-likeness (QED) is 0.631. The molecule has 0 fully saturated rings. The fraction of sp³-hybridized carbons (Fsp3) is 0.200. The number of ether oxygens (including phenoxy) is 1. The van der Waals surface area contributed by atoms with Gasteiger partial charge >= 0.3 is 5.97 Å². The second kappa shape index (κ2) is 6.38. The van der Waals surface area contributed by atoms with Crippen molar-refractivity contribution in [1.29, 1.82) is 0 Å². The van der Waals surface area contributed by atoms with Gasteiger partial charge < -0.3 is 4.74 Å². The van der Waals surface area contributed by atoms with E-state index < -0.39 is 0 Å². The topological polar surface area (TPSA) is 39.2 Å². The van der Waals surface area contributed by atoms with E-state index in [-0.39, 0.29) is 5.97 Å². The van der Waals surface area contributed by atoms with Gasteiger partial charge in [0.1, 0.15) is 0 Å². The van der Waals surface area contributed by atoms with Crippen LogP contribution in [0.5, 0.6) is 0 Å². The van der Waals surface area contributed by atoms with Crippen molar-refractivity contribution in [3.8, 4) is 0 Å². The highest BCUT2D eigenvalue weighted by Crippen LogP contribution is 2.21. The van der Waals surface area contributed by atoms with E-state index in [1.54, 1.807) is 23.9 Å². The van der Waals surface area contributed by atoms with Gasteiger partial charge in [-0.2, -0.15) is 0 Å². The first kappa shape index (κ1) is 13.6. The molecular weight excluding hydrogens is 258 g/mol. The first-order valence-corrected chi connectivity index (χ1v) is 6.90. The standard InChI is InChI=1S/C15H15NO2S/c1-11-3-8-14(16-9-11)19-10-12-4-6-13(7-5-12)15(17)18-2/h3-9H,10H2,1-2H3. The largest absolute Gasteiger partial charge is 0.465 e. The number of hydrogen-bond acceptors (Lipinski definition) is 4. The lowest BCUT2D eigenvalue weighted by molar-refractivity contribution is 0.0600. The Hall–Kier alpha value is -1.81. The van der Waals surface area contributed by atoms with E-state index in [1.807, 2.05) is 31.3 Å². The maximum atomic E-state index is 11.3. The predicted octanol–water partition coefficient (Wildman–Crippen LogP) is 3.47. The van der Waals surface area contributed by atoms with Crippen LogP contribution in [0.3, 0.4) is 0 Å². The zero-order valence-corrected chi connectivity index (χ0v) is 11.7. The van der Waals surface area contributed by atoms with Crippen LogP contribution in [0.25, 0.3) is 0 Å². The minimum atomic E-state index is -0.306. The molecule has 0 spiro atoms. The van der Waals surface area contributed by atoms with Gasteiger partial charge in [0, 0.05) is 11.9 Å². The van der Waals surface area contributed by atoms with Crippen LogP contribution in [0, 0.1) is 6.92 Å². The van der Waals surface area contributed by atoms with Crippen molar-refractivity contribution < 1.29 is 9.53 Å². The molecule has 0 saturated heterocycles. The Morgan fingerprint density at radius 1 is 1.21 bits per heavy atom. The molecule has 1 aromatic heterocycles. The number of aryl methyl sites for hydroxylation is 1. The average Bonchev–Trinajstić information content (AvgIpc) is 2.46. The van der Waals surface area contributed by atoms with Crippen molar-refractivity contribution in [3.63, 3.8) is 0 Å². The molecule has 0 amide bonds. The summed E-state index contributed by atoms with van der Waals surface area (Å²) >= 11 is 1.67. The third kappa shape index (κ3) is 3.83. The van der Waals surface area contributed by atoms with Crippen molar-refractivity contribution in [3.05, 3.63) is 59.3 Å². The summed E-state index contributed by atoms with van der Waals surface area (Å²) in [6, 6.07) is 11.5. The van der Waals surface area contributed by atoms with E-state index in [2.05, 4.69) is 15.8 Å². The molecule has 2 rings (SSSR count). The predicted molar refractivity (Wildman–Crippen MR) is 76.3 cm³/mol. The summed E-state index contributed by atoms with van der Waals surface area (Å²) in [5, 5.41) is 1.00. The van der Waals surface area contributed by atoms with E-state index in [9.17, 15) is 4.79 Å². The summed E-state index contributed by atoms with van der Waals surface area (Å²) in [5.74, 6) is 0.525. The SMILES string of the molecule is COC(=O)c1ccc(CSc2ccc(C)cn2)cc1. The van der Waals surface area contributed by atoms with Crippen LogP contribution in [-0.4, -0.2) is 18.1 Å². The van der Waals surface area contributed by atoms with Crippen LogP contribution in [0.2, 0.25) is 0 Å². The summed E-state index contributed by atoms with van der Waals surface area (Å²) in [6.07, 6.45) is 1.86. The molecule has 1 heterocycles. The van der Waals surface area contributed by atoms with Gasteiger partial charge in [-0.15, -0.1) is 11.8 Å². The molecule has 0 aliphatic carbocycles. The highest BCUT2D eigenvalue weighted by Gasteiger charge is 2.04. The van der Waals surface area contributed by atoms with Gasteiger partial charge in [0.2, 0.25) is 0 Å². The molecule has 0 atom stereocenters. The van der Waals surface area contributed by atoms with E-state index >= 15 is 0 Å². The van der Waals surface area contributed by atoms with Crippen molar-refractivity contribution in [2.24, 2.45) is 0 Å². The Bertz CT molecular complexity index is 549. The average molecular weight is 273 g/mol. The first-order chi connectivity index (χ1) is 9.19. The lowest BCUT2D eigenvalue weighted by Gasteiger charge is -2.03. The molecule has 0 N–H and O–H groups in total. The van der Waals surface area contributed by atoms with Crippen molar-refractivity contribution in [2.45, 2.75) is 17.7 Å². The molecular formula is C15H15NO2S. The van der Waals surface area contributed by atoms with Crippen molar-refractivity contribution >= 4 is 17.7 Å². The van der Waals surface area contributed by atoms with E-state index in [1.165, 1.54) is 7.11 Å². The molecule has 4 heteroatoms. The van der Waals surface area contributed by atoms with Gasteiger partial charge in [-0.05, 0) is 36.2 Å². The fourth-order valence-electron chi connectivity index (χ4n) is 1.55. The van der Waals surface area contributed by atoms with E-state index in [4.69, 9.17) is 0 Å². The van der Waals surface area contributed by atoms with Gasteiger partial charge in [-0.3, -0.25) is 0 Å². The fourth-order valence-corrected chi connectivity index (χ4v) is 2.35. The Labute approximate surface area is 117 Å². The Morgan fingerprint density at radius 3 is 2.53 bits per heavy atom. The van der Waals surface area contributed by atoms with Crippen LogP contribution in [0.15, 0.2) is 47.6 Å². The maximum absolute atomic E-state index is 11.3. The Balaban J connectivity index is 1.96. The molecule has 0 aliphatic rings. The highest BCUT2D eigenvalue weighted by atomic mass is 32.2. The molecule has 3 nitrogen and oxygen atoms in total. The second-order valence-electron chi connectivity index (χ2n) is 4.15. The molecule has 0 saturated carbocycles. The summed E-state index contributed by atoms with van der Waals surface area (Å²) in [4.78, 5) is 15.6. The van der Waals surface area contributed by atoms with Gasteiger partial charge in [-0.1, -0.05) is 18.2 Å². The number of hydrogen-bond donors (Lipinski definition) is 0. The maximum Gasteiger partial charge on any atom is 0.337 e. The molecule has 0 unspecified atom stereocenters. The minimum absolute atomic E-state index is 0.306. The van der Waals surface area contributed by atoms with Crippen LogP contribution < -0.4 is 0 Å². The minimum Gasteiger partial charge on any atom is -0.465 e. The van der Waals surface area contributed by atoms with Crippen LogP contribution in [-0.2, 0) is 10.5 Å². The smallest absolute Gasteiger partial charge is 0.337 e. The number of rotatable bonds is 4. The first-order valence-electron chi connectivity index (χ1n) is 5.92. The number of carbonyl (C=O) groups excluding carboxylic acids is 1. The number of benzene rings is 1. The van der Waals surface area contributed by atoms with Crippen LogP contribution in [0.1, 0.15) is 21.5 Å². The normalized spacial score (nSPS) is 10.2. The second-order valence-corrected chi connectivity index (χ2v) is 5.15. The molecule has 98 valence electrons. The van der Waals surface area contributed by atoms with Crippen LogP contribution >= 0.6 is 11.8 Å². The van der Waals surface area contributed by atoms with Crippen LogP contribution in [0.4, 0.5) is 0 Å². The number of esters is 1. The number of pyridine rings is 1.